The number of halogens is 3. The first-order valence-electron chi connectivity index (χ1n) is 7.53. The quantitative estimate of drug-likeness (QED) is 0.750. The van der Waals surface area contributed by atoms with E-state index in [0.29, 0.717) is 10.6 Å². The molecule has 0 bridgehead atoms. The summed E-state index contributed by atoms with van der Waals surface area (Å²) < 4.78 is 45.1. The number of likely N-dealkylation sites (N-methyl/N-ethyl adjacent to an activating group) is 1. The van der Waals surface area contributed by atoms with Gasteiger partial charge in [0, 0.05) is 5.69 Å². The summed E-state index contributed by atoms with van der Waals surface area (Å²) in [6.07, 6.45) is -4.77. The molecule has 6 nitrogen and oxygen atoms in total. The third-order valence-electron chi connectivity index (χ3n) is 2.70. The van der Waals surface area contributed by atoms with Gasteiger partial charge in [0.2, 0.25) is 0 Å². The van der Waals surface area contributed by atoms with Crippen LogP contribution >= 0.6 is 0 Å². The number of ether oxygens (including phenoxy) is 2. The maximum absolute atomic E-state index is 12.1. The molecule has 0 spiro atoms. The average Bonchev–Trinajstić information content (AvgIpc) is 2.36. The van der Waals surface area contributed by atoms with Crippen LogP contribution in [-0.4, -0.2) is 44.0 Å². The van der Waals surface area contributed by atoms with Gasteiger partial charge in [-0.1, -0.05) is 0 Å². The number of hydrogen-bond acceptors (Lipinski definition) is 4. The molecule has 9 heteroatoms. The number of esters is 1. The molecular formula is C16H22F3N2O4+. The Morgan fingerprint density at radius 3 is 2.12 bits per heavy atom. The predicted molar refractivity (Wildman–Crippen MR) is 84.2 cm³/mol. The summed E-state index contributed by atoms with van der Waals surface area (Å²) in [5, 5.41) is 2.54. The molecule has 1 unspecified atom stereocenters. The highest BCUT2D eigenvalue weighted by atomic mass is 19.4. The predicted octanol–water partition coefficient (Wildman–Crippen LogP) is 1.38. The van der Waals surface area contributed by atoms with Crippen LogP contribution in [0.2, 0.25) is 0 Å². The van der Waals surface area contributed by atoms with Crippen molar-refractivity contribution in [2.45, 2.75) is 32.7 Å². The Hall–Kier alpha value is -2.29. The molecule has 25 heavy (non-hydrogen) atoms. The van der Waals surface area contributed by atoms with Gasteiger partial charge in [0.1, 0.15) is 11.4 Å². The lowest BCUT2D eigenvalue weighted by Gasteiger charge is -2.20. The smallest absolute Gasteiger partial charge is 0.456 e. The minimum absolute atomic E-state index is 0.0000450. The van der Waals surface area contributed by atoms with Gasteiger partial charge in [-0.15, -0.1) is 13.2 Å². The van der Waals surface area contributed by atoms with Crippen LogP contribution in [0.1, 0.15) is 20.8 Å². The molecule has 0 heterocycles. The second-order valence-corrected chi connectivity index (χ2v) is 6.52. The third kappa shape index (κ3) is 9.55. The summed E-state index contributed by atoms with van der Waals surface area (Å²) in [5.74, 6) is -1.19. The number of hydrogen-bond donors (Lipinski definition) is 2. The zero-order valence-electron chi connectivity index (χ0n) is 14.5. The van der Waals surface area contributed by atoms with E-state index in [2.05, 4.69) is 10.1 Å². The summed E-state index contributed by atoms with van der Waals surface area (Å²) in [4.78, 5) is 24.2. The molecule has 0 saturated carbocycles. The monoisotopic (exact) mass is 363 g/mol. The van der Waals surface area contributed by atoms with Crippen molar-refractivity contribution in [1.82, 2.24) is 0 Å². The summed E-state index contributed by atoms with van der Waals surface area (Å²) in [6.45, 7) is 5.26. The standard InChI is InChI=1S/C16H21F3N2O4/c1-15(2,3)25-14(23)10-21(4)9-13(22)20-11-5-7-12(8-6-11)24-16(17,18)19/h5-8H,9-10H2,1-4H3,(H,20,22)/p+1. The zero-order valence-corrected chi connectivity index (χ0v) is 14.5. The first-order valence-corrected chi connectivity index (χ1v) is 7.53. The van der Waals surface area contributed by atoms with E-state index in [0.717, 1.165) is 12.1 Å². The molecule has 0 radical (unpaired) electrons. The van der Waals surface area contributed by atoms with Crippen molar-refractivity contribution in [3.05, 3.63) is 24.3 Å². The Balaban J connectivity index is 2.47. The molecule has 1 rings (SSSR count). The Kier molecular flexibility index (Phi) is 6.80. The van der Waals surface area contributed by atoms with Crippen molar-refractivity contribution in [2.24, 2.45) is 0 Å². The lowest BCUT2D eigenvalue weighted by molar-refractivity contribution is -0.863. The Labute approximate surface area is 143 Å². The molecule has 1 atom stereocenters. The highest BCUT2D eigenvalue weighted by Gasteiger charge is 2.31. The third-order valence-corrected chi connectivity index (χ3v) is 2.70. The Bertz CT molecular complexity index is 595. The van der Waals surface area contributed by atoms with Crippen LogP contribution in [0.4, 0.5) is 18.9 Å². The number of carbonyl (C=O) groups excluding carboxylic acids is 2. The normalized spacial score (nSPS) is 13.1. The molecule has 1 aromatic rings. The van der Waals surface area contributed by atoms with Gasteiger partial charge >= 0.3 is 12.3 Å². The van der Waals surface area contributed by atoms with Crippen LogP contribution in [0.3, 0.4) is 0 Å². The second kappa shape index (κ2) is 8.19. The topological polar surface area (TPSA) is 69.1 Å². The molecule has 0 aromatic heterocycles. The summed E-state index contributed by atoms with van der Waals surface area (Å²) in [7, 11) is 1.66. The van der Waals surface area contributed by atoms with Crippen LogP contribution in [0, 0.1) is 0 Å². The van der Waals surface area contributed by atoms with Crippen LogP contribution in [0.15, 0.2) is 24.3 Å². The number of alkyl halides is 3. The van der Waals surface area contributed by atoms with Gasteiger partial charge < -0.3 is 19.7 Å². The summed E-state index contributed by atoms with van der Waals surface area (Å²) in [5.41, 5.74) is -0.274. The number of nitrogens with one attached hydrogen (secondary N) is 2. The van der Waals surface area contributed by atoms with Crippen molar-refractivity contribution in [3.63, 3.8) is 0 Å². The lowest BCUT2D eigenvalue weighted by atomic mass is 10.2. The molecule has 0 fully saturated rings. The Morgan fingerprint density at radius 1 is 1.08 bits per heavy atom. The fraction of sp³-hybridized carbons (Fsp3) is 0.500. The average molecular weight is 363 g/mol. The molecular weight excluding hydrogens is 341 g/mol. The largest absolute Gasteiger partial charge is 0.573 e. The van der Waals surface area contributed by atoms with Crippen molar-refractivity contribution < 1.29 is 37.1 Å². The molecule has 2 N–H and O–H groups in total. The molecule has 140 valence electrons. The van der Waals surface area contributed by atoms with Gasteiger partial charge in [-0.3, -0.25) is 4.79 Å². The van der Waals surface area contributed by atoms with Crippen molar-refractivity contribution >= 4 is 17.6 Å². The molecule has 1 amide bonds. The van der Waals surface area contributed by atoms with Gasteiger partial charge in [0.25, 0.3) is 5.91 Å². The van der Waals surface area contributed by atoms with Gasteiger partial charge in [-0.05, 0) is 45.0 Å². The van der Waals surface area contributed by atoms with Gasteiger partial charge in [0.05, 0.1) is 7.05 Å². The first-order chi connectivity index (χ1) is 11.3. The van der Waals surface area contributed by atoms with Crippen LogP contribution in [0.5, 0.6) is 5.75 Å². The lowest BCUT2D eigenvalue weighted by Crippen LogP contribution is -3.11. The fourth-order valence-corrected chi connectivity index (χ4v) is 1.91. The van der Waals surface area contributed by atoms with Gasteiger partial charge in [-0.2, -0.15) is 0 Å². The number of anilines is 1. The van der Waals surface area contributed by atoms with Crippen LogP contribution in [-0.2, 0) is 14.3 Å². The van der Waals surface area contributed by atoms with E-state index >= 15 is 0 Å². The number of carbonyl (C=O) groups is 2. The molecule has 0 saturated heterocycles. The van der Waals surface area contributed by atoms with E-state index in [1.807, 2.05) is 0 Å². The minimum Gasteiger partial charge on any atom is -0.456 e. The zero-order chi connectivity index (χ0) is 19.3. The molecule has 0 aliphatic carbocycles. The fourth-order valence-electron chi connectivity index (χ4n) is 1.91. The van der Waals surface area contributed by atoms with Gasteiger partial charge in [-0.25, -0.2) is 4.79 Å². The number of rotatable bonds is 6. The first kappa shape index (κ1) is 20.8. The maximum atomic E-state index is 12.1. The number of quaternary nitrogens is 1. The van der Waals surface area contributed by atoms with E-state index in [1.165, 1.54) is 12.1 Å². The van der Waals surface area contributed by atoms with Gasteiger partial charge in [0.15, 0.2) is 13.1 Å². The van der Waals surface area contributed by atoms with Crippen LogP contribution in [0.25, 0.3) is 0 Å². The molecule has 0 aliphatic rings. The maximum Gasteiger partial charge on any atom is 0.573 e. The number of benzene rings is 1. The molecule has 1 aromatic carbocycles. The number of amides is 1. The van der Waals surface area contributed by atoms with Crippen molar-refractivity contribution in [3.8, 4) is 5.75 Å². The summed E-state index contributed by atoms with van der Waals surface area (Å²) in [6, 6.07) is 4.78. The SMILES string of the molecule is C[NH+](CC(=O)Nc1ccc(OC(F)(F)F)cc1)CC(=O)OC(C)(C)C. The molecule has 0 aliphatic heterocycles. The highest BCUT2D eigenvalue weighted by Crippen LogP contribution is 2.23. The van der Waals surface area contributed by atoms with E-state index in [-0.39, 0.29) is 24.7 Å². The van der Waals surface area contributed by atoms with Crippen LogP contribution < -0.4 is 15.0 Å². The van der Waals surface area contributed by atoms with E-state index in [4.69, 9.17) is 4.74 Å². The Morgan fingerprint density at radius 2 is 1.64 bits per heavy atom. The highest BCUT2D eigenvalue weighted by molar-refractivity contribution is 5.91. The summed E-state index contributed by atoms with van der Waals surface area (Å²) >= 11 is 0. The van der Waals surface area contributed by atoms with E-state index in [1.54, 1.807) is 27.8 Å². The van der Waals surface area contributed by atoms with Crippen molar-refractivity contribution in [2.75, 3.05) is 25.5 Å². The van der Waals surface area contributed by atoms with E-state index in [9.17, 15) is 22.8 Å². The second-order valence-electron chi connectivity index (χ2n) is 6.52. The van der Waals surface area contributed by atoms with Crippen molar-refractivity contribution in [1.29, 1.82) is 0 Å². The minimum atomic E-state index is -4.77. The van der Waals surface area contributed by atoms with E-state index < -0.39 is 17.9 Å².